The molecule has 4 heteroatoms. The van der Waals surface area contributed by atoms with E-state index in [1.54, 1.807) is 11.8 Å². The molecule has 0 aromatic rings. The van der Waals surface area contributed by atoms with Crippen molar-refractivity contribution in [3.05, 3.63) is 0 Å². The van der Waals surface area contributed by atoms with Gasteiger partial charge in [-0.1, -0.05) is 13.8 Å². The third-order valence-corrected chi connectivity index (χ3v) is 2.66. The molecular formula is C11H21NO3. The maximum absolute atomic E-state index is 11.9. The van der Waals surface area contributed by atoms with Crippen molar-refractivity contribution in [1.29, 1.82) is 0 Å². The summed E-state index contributed by atoms with van der Waals surface area (Å²) < 4.78 is 0. The molecule has 0 saturated heterocycles. The zero-order chi connectivity index (χ0) is 12.0. The van der Waals surface area contributed by atoms with Crippen LogP contribution in [-0.2, 0) is 9.59 Å². The Labute approximate surface area is 91.3 Å². The van der Waals surface area contributed by atoms with Gasteiger partial charge in [-0.05, 0) is 20.3 Å². The predicted molar refractivity (Wildman–Crippen MR) is 58.6 cm³/mol. The van der Waals surface area contributed by atoms with Crippen LogP contribution >= 0.6 is 0 Å². The van der Waals surface area contributed by atoms with Gasteiger partial charge in [0.1, 0.15) is 0 Å². The van der Waals surface area contributed by atoms with Crippen molar-refractivity contribution in [3.63, 3.8) is 0 Å². The van der Waals surface area contributed by atoms with Crippen LogP contribution in [0.25, 0.3) is 0 Å². The zero-order valence-electron chi connectivity index (χ0n) is 9.99. The smallest absolute Gasteiger partial charge is 0.305 e. The summed E-state index contributed by atoms with van der Waals surface area (Å²) in [7, 11) is 0. The van der Waals surface area contributed by atoms with Crippen molar-refractivity contribution >= 4 is 11.9 Å². The van der Waals surface area contributed by atoms with Crippen LogP contribution in [0.2, 0.25) is 0 Å². The summed E-state index contributed by atoms with van der Waals surface area (Å²) in [5, 5.41) is 8.67. The van der Waals surface area contributed by atoms with Gasteiger partial charge in [-0.3, -0.25) is 9.59 Å². The van der Waals surface area contributed by atoms with E-state index in [4.69, 9.17) is 5.11 Å². The van der Waals surface area contributed by atoms with Crippen molar-refractivity contribution in [2.45, 2.75) is 46.6 Å². The quantitative estimate of drug-likeness (QED) is 0.734. The Morgan fingerprint density at radius 3 is 2.13 bits per heavy atom. The Morgan fingerprint density at radius 2 is 1.80 bits per heavy atom. The summed E-state index contributed by atoms with van der Waals surface area (Å²) in [6.45, 7) is 8.05. The largest absolute Gasteiger partial charge is 0.481 e. The lowest BCUT2D eigenvalue weighted by molar-refractivity contribution is -0.141. The van der Waals surface area contributed by atoms with E-state index in [2.05, 4.69) is 0 Å². The molecule has 0 fully saturated rings. The number of carbonyl (C=O) groups excluding carboxylic acids is 1. The van der Waals surface area contributed by atoms with E-state index in [1.165, 1.54) is 0 Å². The van der Waals surface area contributed by atoms with E-state index in [0.717, 1.165) is 6.42 Å². The number of aliphatic carboxylic acids is 1. The van der Waals surface area contributed by atoms with Crippen LogP contribution in [-0.4, -0.2) is 34.5 Å². The molecule has 1 N–H and O–H groups in total. The summed E-state index contributed by atoms with van der Waals surface area (Å²) in [4.78, 5) is 24.1. The number of amides is 1. The summed E-state index contributed by atoms with van der Waals surface area (Å²) in [6, 6.07) is -0.228. The van der Waals surface area contributed by atoms with Crippen molar-refractivity contribution < 1.29 is 14.7 Å². The molecule has 1 amide bonds. The van der Waals surface area contributed by atoms with E-state index in [9.17, 15) is 9.59 Å². The van der Waals surface area contributed by atoms with Crippen LogP contribution in [0, 0.1) is 5.92 Å². The first-order valence-electron chi connectivity index (χ1n) is 5.46. The molecule has 0 spiro atoms. The molecule has 88 valence electrons. The maximum atomic E-state index is 11.9. The number of carbonyl (C=O) groups is 2. The van der Waals surface area contributed by atoms with E-state index in [1.807, 2.05) is 20.8 Å². The third kappa shape index (κ3) is 4.32. The molecule has 0 radical (unpaired) electrons. The zero-order valence-corrected chi connectivity index (χ0v) is 9.99. The fourth-order valence-electron chi connectivity index (χ4n) is 1.51. The second kappa shape index (κ2) is 6.43. The molecular weight excluding hydrogens is 194 g/mol. The van der Waals surface area contributed by atoms with E-state index in [0.29, 0.717) is 6.54 Å². The summed E-state index contributed by atoms with van der Waals surface area (Å²) in [6.07, 6.45) is 0.797. The molecule has 0 rings (SSSR count). The Bertz CT molecular complexity index is 228. The predicted octanol–water partition coefficient (Wildman–Crippen LogP) is 1.74. The van der Waals surface area contributed by atoms with Crippen LogP contribution in [0.1, 0.15) is 40.5 Å². The highest BCUT2D eigenvalue weighted by Gasteiger charge is 2.23. The maximum Gasteiger partial charge on any atom is 0.305 e. The van der Waals surface area contributed by atoms with Crippen LogP contribution in [0.3, 0.4) is 0 Å². The highest BCUT2D eigenvalue weighted by Crippen LogP contribution is 2.11. The minimum atomic E-state index is -0.863. The average Bonchev–Trinajstić information content (AvgIpc) is 2.16. The molecule has 0 bridgehead atoms. The average molecular weight is 215 g/mol. The van der Waals surface area contributed by atoms with E-state index in [-0.39, 0.29) is 24.3 Å². The van der Waals surface area contributed by atoms with E-state index >= 15 is 0 Å². The number of nitrogens with zero attached hydrogens (tertiary/aromatic N) is 1. The minimum absolute atomic E-state index is 0.00993. The Kier molecular flexibility index (Phi) is 5.97. The number of carboxylic acids is 1. The van der Waals surface area contributed by atoms with E-state index < -0.39 is 5.97 Å². The fraction of sp³-hybridized carbons (Fsp3) is 0.818. The molecule has 0 aromatic heterocycles. The van der Waals surface area contributed by atoms with Gasteiger partial charge in [0.15, 0.2) is 0 Å². The standard InChI is InChI=1S/C11H21NO3/c1-5-8(3)11(15)12(6-2)9(4)7-10(13)14/h8-9H,5-7H2,1-4H3,(H,13,14). The normalized spacial score (nSPS) is 14.4. The van der Waals surface area contributed by atoms with Crippen LogP contribution < -0.4 is 0 Å². The van der Waals surface area contributed by atoms with Crippen LogP contribution in [0.4, 0.5) is 0 Å². The molecule has 0 heterocycles. The first-order valence-corrected chi connectivity index (χ1v) is 5.46. The summed E-state index contributed by atoms with van der Waals surface area (Å²) in [5.74, 6) is -0.840. The number of rotatable bonds is 6. The fourth-order valence-corrected chi connectivity index (χ4v) is 1.51. The van der Waals surface area contributed by atoms with Crippen LogP contribution in [0.15, 0.2) is 0 Å². The van der Waals surface area contributed by atoms with Crippen molar-refractivity contribution in [2.75, 3.05) is 6.54 Å². The SMILES string of the molecule is CCC(C)C(=O)N(CC)C(C)CC(=O)O. The highest BCUT2D eigenvalue weighted by molar-refractivity contribution is 5.79. The van der Waals surface area contributed by atoms with Gasteiger partial charge in [-0.2, -0.15) is 0 Å². The molecule has 15 heavy (non-hydrogen) atoms. The van der Waals surface area contributed by atoms with Gasteiger partial charge in [0.2, 0.25) is 5.91 Å². The second-order valence-corrected chi connectivity index (χ2v) is 3.88. The first-order chi connectivity index (χ1) is 6.93. The van der Waals surface area contributed by atoms with Crippen molar-refractivity contribution in [2.24, 2.45) is 5.92 Å². The highest BCUT2D eigenvalue weighted by atomic mass is 16.4. The summed E-state index contributed by atoms with van der Waals surface area (Å²) in [5.41, 5.74) is 0. The van der Waals surface area contributed by atoms with Gasteiger partial charge in [0.25, 0.3) is 0 Å². The van der Waals surface area contributed by atoms with Crippen LogP contribution in [0.5, 0.6) is 0 Å². The lowest BCUT2D eigenvalue weighted by atomic mass is 10.1. The Morgan fingerprint density at radius 1 is 1.27 bits per heavy atom. The molecule has 0 aromatic carbocycles. The Hall–Kier alpha value is -1.06. The topological polar surface area (TPSA) is 57.6 Å². The molecule has 0 aliphatic rings. The van der Waals surface area contributed by atoms with Gasteiger partial charge >= 0.3 is 5.97 Å². The van der Waals surface area contributed by atoms with Gasteiger partial charge in [0.05, 0.1) is 6.42 Å². The summed E-state index contributed by atoms with van der Waals surface area (Å²) >= 11 is 0. The first kappa shape index (κ1) is 13.9. The van der Waals surface area contributed by atoms with Crippen molar-refractivity contribution in [1.82, 2.24) is 4.90 Å². The number of carboxylic acid groups (broad SMARTS) is 1. The molecule has 0 aliphatic heterocycles. The van der Waals surface area contributed by atoms with Gasteiger partial charge in [-0.25, -0.2) is 0 Å². The molecule has 0 aliphatic carbocycles. The second-order valence-electron chi connectivity index (χ2n) is 3.88. The number of hydrogen-bond acceptors (Lipinski definition) is 2. The Balaban J connectivity index is 4.46. The van der Waals surface area contributed by atoms with Gasteiger partial charge in [0, 0.05) is 18.5 Å². The molecule has 2 unspecified atom stereocenters. The molecule has 0 saturated carbocycles. The number of hydrogen-bond donors (Lipinski definition) is 1. The third-order valence-electron chi connectivity index (χ3n) is 2.66. The van der Waals surface area contributed by atoms with Crippen molar-refractivity contribution in [3.8, 4) is 0 Å². The van der Waals surface area contributed by atoms with Gasteiger partial charge in [-0.15, -0.1) is 0 Å². The lowest BCUT2D eigenvalue weighted by Crippen LogP contribution is -2.42. The van der Waals surface area contributed by atoms with Gasteiger partial charge < -0.3 is 10.0 Å². The molecule has 4 nitrogen and oxygen atoms in total. The minimum Gasteiger partial charge on any atom is -0.481 e. The molecule has 2 atom stereocenters. The lowest BCUT2D eigenvalue weighted by Gasteiger charge is -2.29. The monoisotopic (exact) mass is 215 g/mol.